The number of aromatic nitrogens is 1. The first-order valence-electron chi connectivity index (χ1n) is 9.23. The molecule has 1 fully saturated rings. The summed E-state index contributed by atoms with van der Waals surface area (Å²) in [5.74, 6) is 0.865. The molecule has 0 spiro atoms. The van der Waals surface area contributed by atoms with Crippen molar-refractivity contribution in [2.45, 2.75) is 19.6 Å². The second-order valence-electron chi connectivity index (χ2n) is 6.46. The number of aliphatic imine (C=N–C) groups is 1. The Morgan fingerprint density at radius 2 is 2.00 bits per heavy atom. The van der Waals surface area contributed by atoms with Crippen LogP contribution in [0.15, 0.2) is 41.7 Å². The van der Waals surface area contributed by atoms with E-state index in [1.807, 2.05) is 18.2 Å². The first-order valence-corrected chi connectivity index (χ1v) is 10.4. The van der Waals surface area contributed by atoms with Gasteiger partial charge in [0.2, 0.25) is 0 Å². The van der Waals surface area contributed by atoms with E-state index < -0.39 is 6.10 Å². The highest BCUT2D eigenvalue weighted by molar-refractivity contribution is 7.16. The van der Waals surface area contributed by atoms with Crippen LogP contribution in [0.5, 0.6) is 0 Å². The van der Waals surface area contributed by atoms with E-state index in [1.165, 1.54) is 4.88 Å². The molecule has 0 radical (unpaired) electrons. The van der Waals surface area contributed by atoms with Crippen LogP contribution < -0.4 is 5.32 Å². The molecule has 1 unspecified atom stereocenters. The molecule has 0 amide bonds. The highest BCUT2D eigenvalue weighted by Crippen LogP contribution is 2.23. The predicted molar refractivity (Wildman–Crippen MR) is 111 cm³/mol. The predicted octanol–water partition coefficient (Wildman–Crippen LogP) is 2.61. The van der Waals surface area contributed by atoms with Gasteiger partial charge in [0.15, 0.2) is 5.96 Å². The van der Waals surface area contributed by atoms with Gasteiger partial charge in [-0.25, -0.2) is 0 Å². The van der Waals surface area contributed by atoms with Crippen molar-refractivity contribution in [1.82, 2.24) is 20.1 Å². The molecule has 146 valence electrons. The molecule has 2 aromatic rings. The smallest absolute Gasteiger partial charge is 0.194 e. The molecular weight excluding hydrogens is 382 g/mol. The van der Waals surface area contributed by atoms with Crippen LogP contribution in [-0.4, -0.2) is 65.1 Å². The number of pyridine rings is 1. The van der Waals surface area contributed by atoms with Crippen LogP contribution in [-0.2, 0) is 6.54 Å². The standard InChI is InChI=1S/C19H26ClN5OS/c1-2-22-19(23-13-17(26)15-5-7-21-8-6-15)25-11-9-24(10-12-25)14-16-3-4-18(20)27-16/h3-8,17,26H,2,9-14H2,1H3,(H,22,23). The number of aliphatic hydroxyl groups is 1. The van der Waals surface area contributed by atoms with Crippen LogP contribution in [0.4, 0.5) is 0 Å². The summed E-state index contributed by atoms with van der Waals surface area (Å²) in [6.07, 6.45) is 2.76. The van der Waals surface area contributed by atoms with Crippen molar-refractivity contribution in [1.29, 1.82) is 0 Å². The summed E-state index contributed by atoms with van der Waals surface area (Å²) < 4.78 is 0.845. The Morgan fingerprint density at radius 3 is 2.63 bits per heavy atom. The number of guanidine groups is 1. The van der Waals surface area contributed by atoms with Gasteiger partial charge in [-0.05, 0) is 36.8 Å². The Balaban J connectivity index is 1.54. The van der Waals surface area contributed by atoms with Crippen molar-refractivity contribution in [2.24, 2.45) is 4.99 Å². The van der Waals surface area contributed by atoms with Crippen molar-refractivity contribution in [3.05, 3.63) is 51.4 Å². The second kappa shape index (κ2) is 10.0. The molecule has 0 aromatic carbocycles. The average molecular weight is 408 g/mol. The van der Waals surface area contributed by atoms with Gasteiger partial charge < -0.3 is 15.3 Å². The van der Waals surface area contributed by atoms with E-state index in [0.717, 1.165) is 55.1 Å². The molecule has 3 heterocycles. The van der Waals surface area contributed by atoms with Crippen molar-refractivity contribution in [2.75, 3.05) is 39.3 Å². The van der Waals surface area contributed by atoms with Gasteiger partial charge in [0, 0.05) is 56.5 Å². The fraction of sp³-hybridized carbons (Fsp3) is 0.474. The van der Waals surface area contributed by atoms with Gasteiger partial charge >= 0.3 is 0 Å². The van der Waals surface area contributed by atoms with E-state index in [-0.39, 0.29) is 0 Å². The molecule has 27 heavy (non-hydrogen) atoms. The lowest BCUT2D eigenvalue weighted by molar-refractivity contribution is 0.170. The Morgan fingerprint density at radius 1 is 1.26 bits per heavy atom. The largest absolute Gasteiger partial charge is 0.386 e. The third-order valence-corrected chi connectivity index (χ3v) is 5.74. The lowest BCUT2D eigenvalue weighted by atomic mass is 10.1. The third-order valence-electron chi connectivity index (χ3n) is 4.52. The lowest BCUT2D eigenvalue weighted by Gasteiger charge is -2.36. The molecule has 6 nitrogen and oxygen atoms in total. The minimum absolute atomic E-state index is 0.334. The highest BCUT2D eigenvalue weighted by atomic mass is 35.5. The zero-order chi connectivity index (χ0) is 19.1. The molecule has 3 rings (SSSR count). The van der Waals surface area contributed by atoms with Crippen LogP contribution in [0.1, 0.15) is 23.5 Å². The fourth-order valence-electron chi connectivity index (χ4n) is 3.06. The molecule has 1 aliphatic rings. The summed E-state index contributed by atoms with van der Waals surface area (Å²) in [6, 6.07) is 7.71. The number of thiophene rings is 1. The normalized spacial score (nSPS) is 17.1. The van der Waals surface area contributed by atoms with E-state index in [0.29, 0.717) is 6.54 Å². The molecule has 2 aromatic heterocycles. The molecule has 1 aliphatic heterocycles. The maximum absolute atomic E-state index is 10.3. The van der Waals surface area contributed by atoms with Gasteiger partial charge in [-0.3, -0.25) is 14.9 Å². The van der Waals surface area contributed by atoms with Gasteiger partial charge in [0.25, 0.3) is 0 Å². The van der Waals surface area contributed by atoms with E-state index >= 15 is 0 Å². The summed E-state index contributed by atoms with van der Waals surface area (Å²) >= 11 is 7.67. The zero-order valence-corrected chi connectivity index (χ0v) is 17.1. The molecule has 1 saturated heterocycles. The molecular formula is C19H26ClN5OS. The molecule has 0 saturated carbocycles. The summed E-state index contributed by atoms with van der Waals surface area (Å²) in [4.78, 5) is 14.6. The molecule has 0 bridgehead atoms. The Labute approximate surface area is 169 Å². The Hall–Kier alpha value is -1.67. The number of hydrogen-bond acceptors (Lipinski definition) is 5. The van der Waals surface area contributed by atoms with Crippen LogP contribution >= 0.6 is 22.9 Å². The number of piperazine rings is 1. The van der Waals surface area contributed by atoms with Gasteiger partial charge in [0.1, 0.15) is 0 Å². The van der Waals surface area contributed by atoms with Crippen molar-refractivity contribution < 1.29 is 5.11 Å². The van der Waals surface area contributed by atoms with Gasteiger partial charge in [-0.2, -0.15) is 0 Å². The summed E-state index contributed by atoms with van der Waals surface area (Å²) in [7, 11) is 0. The zero-order valence-electron chi connectivity index (χ0n) is 15.5. The van der Waals surface area contributed by atoms with Gasteiger partial charge in [-0.15, -0.1) is 11.3 Å². The highest BCUT2D eigenvalue weighted by Gasteiger charge is 2.20. The topological polar surface area (TPSA) is 64.0 Å². The van der Waals surface area contributed by atoms with Crippen molar-refractivity contribution in [3.63, 3.8) is 0 Å². The summed E-state index contributed by atoms with van der Waals surface area (Å²) in [6.45, 7) is 7.93. The number of nitrogens with zero attached hydrogens (tertiary/aromatic N) is 4. The summed E-state index contributed by atoms with van der Waals surface area (Å²) in [5.41, 5.74) is 0.837. The third kappa shape index (κ3) is 5.90. The van der Waals surface area contributed by atoms with E-state index in [2.05, 4.69) is 38.1 Å². The van der Waals surface area contributed by atoms with E-state index in [9.17, 15) is 5.11 Å². The van der Waals surface area contributed by atoms with Crippen molar-refractivity contribution in [3.8, 4) is 0 Å². The number of aliphatic hydroxyl groups excluding tert-OH is 1. The maximum Gasteiger partial charge on any atom is 0.194 e. The van der Waals surface area contributed by atoms with Crippen LogP contribution in [0, 0.1) is 0 Å². The SMILES string of the molecule is CCNC(=NCC(O)c1ccncc1)N1CCN(Cc2ccc(Cl)s2)CC1. The number of rotatable bonds is 6. The lowest BCUT2D eigenvalue weighted by Crippen LogP contribution is -2.52. The monoisotopic (exact) mass is 407 g/mol. The minimum atomic E-state index is -0.619. The number of halogens is 1. The minimum Gasteiger partial charge on any atom is -0.386 e. The van der Waals surface area contributed by atoms with Crippen LogP contribution in [0.3, 0.4) is 0 Å². The van der Waals surface area contributed by atoms with E-state index in [1.54, 1.807) is 23.7 Å². The fourth-order valence-corrected chi connectivity index (χ4v) is 4.19. The average Bonchev–Trinajstić information content (AvgIpc) is 3.11. The first kappa shape index (κ1) is 20.1. The molecule has 2 N–H and O–H groups in total. The van der Waals surface area contributed by atoms with Crippen LogP contribution in [0.2, 0.25) is 4.34 Å². The van der Waals surface area contributed by atoms with Crippen LogP contribution in [0.25, 0.3) is 0 Å². The molecule has 1 atom stereocenters. The van der Waals surface area contributed by atoms with Gasteiger partial charge in [0.05, 0.1) is 17.0 Å². The Bertz CT molecular complexity index is 731. The van der Waals surface area contributed by atoms with Gasteiger partial charge in [-0.1, -0.05) is 11.6 Å². The Kier molecular flexibility index (Phi) is 7.46. The van der Waals surface area contributed by atoms with E-state index in [4.69, 9.17) is 11.6 Å². The molecule has 8 heteroatoms. The first-order chi connectivity index (χ1) is 13.2. The number of hydrogen-bond donors (Lipinski definition) is 2. The number of nitrogens with one attached hydrogen (secondary N) is 1. The second-order valence-corrected chi connectivity index (χ2v) is 8.26. The quantitative estimate of drug-likeness (QED) is 0.569. The summed E-state index contributed by atoms with van der Waals surface area (Å²) in [5, 5.41) is 13.7. The molecule has 0 aliphatic carbocycles. The maximum atomic E-state index is 10.3. The van der Waals surface area contributed by atoms with Crippen molar-refractivity contribution >= 4 is 28.9 Å².